The maximum absolute atomic E-state index is 13.2. The van der Waals surface area contributed by atoms with E-state index in [1.807, 2.05) is 6.92 Å². The van der Waals surface area contributed by atoms with Crippen LogP contribution in [0.2, 0.25) is 0 Å². The van der Waals surface area contributed by atoms with E-state index in [2.05, 4.69) is 15.5 Å². The monoisotopic (exact) mass is 450 g/mol. The number of hydrogen-bond acceptors (Lipinski definition) is 8. The molecule has 10 heteroatoms. The maximum Gasteiger partial charge on any atom is 0.410 e. The van der Waals surface area contributed by atoms with Gasteiger partial charge in [-0.3, -0.25) is 9.59 Å². The summed E-state index contributed by atoms with van der Waals surface area (Å²) in [4.78, 5) is 40.2. The minimum atomic E-state index is -0.954. The number of aromatic nitrogens is 2. The minimum absolute atomic E-state index is 0.122. The first kappa shape index (κ1) is 24.2. The molecule has 1 aliphatic heterocycles. The van der Waals surface area contributed by atoms with Crippen LogP contribution in [-0.2, 0) is 20.7 Å². The second-order valence-electron chi connectivity index (χ2n) is 8.40. The van der Waals surface area contributed by atoms with Crippen LogP contribution in [0.5, 0.6) is 0 Å². The molecule has 2 amide bonds. The number of hydrogen-bond donors (Lipinski definition) is 1. The van der Waals surface area contributed by atoms with E-state index in [0.29, 0.717) is 57.4 Å². The van der Waals surface area contributed by atoms with Gasteiger partial charge in [0, 0.05) is 19.5 Å². The van der Waals surface area contributed by atoms with Gasteiger partial charge in [-0.15, -0.1) is 10.2 Å². The van der Waals surface area contributed by atoms with Gasteiger partial charge in [-0.2, -0.15) is 0 Å². The molecule has 2 unspecified atom stereocenters. The number of nitrogens with one attached hydrogen (secondary N) is 1. The topological polar surface area (TPSA) is 124 Å². The Bertz CT molecular complexity index is 770. The van der Waals surface area contributed by atoms with Crippen LogP contribution in [0.4, 0.5) is 4.79 Å². The molecule has 178 valence electrons. The van der Waals surface area contributed by atoms with Gasteiger partial charge in [-0.05, 0) is 18.8 Å². The number of rotatable bonds is 9. The molecule has 2 heterocycles. The Morgan fingerprint density at radius 3 is 2.47 bits per heavy atom. The highest BCUT2D eigenvalue weighted by atomic mass is 16.6. The van der Waals surface area contributed by atoms with E-state index in [-0.39, 0.29) is 5.89 Å². The lowest BCUT2D eigenvalue weighted by atomic mass is 9.85. The smallest absolute Gasteiger partial charge is 0.410 e. The summed E-state index contributed by atoms with van der Waals surface area (Å²) in [5.74, 6) is -0.348. The van der Waals surface area contributed by atoms with Gasteiger partial charge >= 0.3 is 6.09 Å². The van der Waals surface area contributed by atoms with E-state index < -0.39 is 29.9 Å². The number of ether oxygens (including phenoxy) is 2. The highest BCUT2D eigenvalue weighted by Crippen LogP contribution is 2.28. The van der Waals surface area contributed by atoms with Crippen LogP contribution in [0.15, 0.2) is 4.42 Å². The lowest BCUT2D eigenvalue weighted by Crippen LogP contribution is -2.49. The predicted molar refractivity (Wildman–Crippen MR) is 114 cm³/mol. The van der Waals surface area contributed by atoms with Crippen molar-refractivity contribution < 1.29 is 28.3 Å². The molecule has 1 saturated carbocycles. The molecular formula is C22H34N4O6. The van der Waals surface area contributed by atoms with Crippen molar-refractivity contribution >= 4 is 17.8 Å². The molecule has 1 aliphatic carbocycles. The Morgan fingerprint density at radius 2 is 1.84 bits per heavy atom. The molecule has 1 saturated heterocycles. The molecular weight excluding hydrogens is 416 g/mol. The van der Waals surface area contributed by atoms with Gasteiger partial charge in [-0.1, -0.05) is 46.0 Å². The highest BCUT2D eigenvalue weighted by Gasteiger charge is 2.33. The molecule has 2 aliphatic rings. The fraction of sp³-hybridized carbons (Fsp3) is 0.773. The maximum atomic E-state index is 13.2. The first-order chi connectivity index (χ1) is 15.5. The molecule has 32 heavy (non-hydrogen) atoms. The number of Topliss-reactive ketones (excluding diaryl/α,β-unsaturated/α-hetero) is 1. The Labute approximate surface area is 188 Å². The van der Waals surface area contributed by atoms with Crippen molar-refractivity contribution in [3.63, 3.8) is 0 Å². The third-order valence-corrected chi connectivity index (χ3v) is 6.10. The van der Waals surface area contributed by atoms with Crippen LogP contribution in [0.25, 0.3) is 0 Å². The SMILES string of the molecule is CCc1nnc(C(=O)C(CC)NC(=O)C(CC2CCCCC2)OC(=O)N2CCOCC2)o1. The third-order valence-electron chi connectivity index (χ3n) is 6.10. The average molecular weight is 451 g/mol. The fourth-order valence-electron chi connectivity index (χ4n) is 4.14. The van der Waals surface area contributed by atoms with Gasteiger partial charge in [0.2, 0.25) is 11.7 Å². The third kappa shape index (κ3) is 6.51. The van der Waals surface area contributed by atoms with Crippen LogP contribution < -0.4 is 5.32 Å². The molecule has 1 N–H and O–H groups in total. The molecule has 2 fully saturated rings. The zero-order chi connectivity index (χ0) is 22.9. The van der Waals surface area contributed by atoms with E-state index in [4.69, 9.17) is 13.9 Å². The molecule has 2 atom stereocenters. The zero-order valence-electron chi connectivity index (χ0n) is 19.0. The van der Waals surface area contributed by atoms with Gasteiger partial charge in [0.15, 0.2) is 6.10 Å². The Hall–Kier alpha value is -2.49. The molecule has 0 bridgehead atoms. The lowest BCUT2D eigenvalue weighted by Gasteiger charge is -2.30. The van der Waals surface area contributed by atoms with Gasteiger partial charge in [0.25, 0.3) is 11.8 Å². The molecule has 0 aromatic carbocycles. The van der Waals surface area contributed by atoms with Crippen LogP contribution >= 0.6 is 0 Å². The fourth-order valence-corrected chi connectivity index (χ4v) is 4.14. The molecule has 1 aromatic heterocycles. The number of amides is 2. The predicted octanol–water partition coefficient (Wildman–Crippen LogP) is 2.52. The van der Waals surface area contributed by atoms with Crippen molar-refractivity contribution in [1.29, 1.82) is 0 Å². The van der Waals surface area contributed by atoms with E-state index >= 15 is 0 Å². The van der Waals surface area contributed by atoms with Gasteiger partial charge in [0.1, 0.15) is 0 Å². The minimum Gasteiger partial charge on any atom is -0.436 e. The number of aryl methyl sites for hydroxylation is 1. The Balaban J connectivity index is 1.67. The van der Waals surface area contributed by atoms with E-state index in [1.54, 1.807) is 11.8 Å². The highest BCUT2D eigenvalue weighted by molar-refractivity contribution is 5.99. The van der Waals surface area contributed by atoms with Gasteiger partial charge < -0.3 is 24.1 Å². The van der Waals surface area contributed by atoms with Crippen LogP contribution in [0.1, 0.15) is 75.4 Å². The first-order valence-corrected chi connectivity index (χ1v) is 11.7. The molecule has 10 nitrogen and oxygen atoms in total. The van der Waals surface area contributed by atoms with E-state index in [1.165, 1.54) is 6.42 Å². The number of carbonyl (C=O) groups excluding carboxylic acids is 3. The molecule has 3 rings (SSSR count). The number of ketones is 1. The number of nitrogens with zero attached hydrogens (tertiary/aromatic N) is 3. The summed E-state index contributed by atoms with van der Waals surface area (Å²) in [6.45, 7) is 5.40. The lowest BCUT2D eigenvalue weighted by molar-refractivity contribution is -0.132. The van der Waals surface area contributed by atoms with E-state index in [0.717, 1.165) is 25.7 Å². The standard InChI is InChI=1S/C22H34N4O6/c1-3-16(19(27)21-25-24-18(4-2)32-21)23-20(28)17(14-15-8-6-5-7-9-15)31-22(29)26-10-12-30-13-11-26/h15-17H,3-14H2,1-2H3,(H,23,28). The van der Waals surface area contributed by atoms with Crippen LogP contribution in [0, 0.1) is 5.92 Å². The van der Waals surface area contributed by atoms with Gasteiger partial charge in [0.05, 0.1) is 19.3 Å². The summed E-state index contributed by atoms with van der Waals surface area (Å²) < 4.78 is 16.3. The number of carbonyl (C=O) groups is 3. The summed E-state index contributed by atoms with van der Waals surface area (Å²) >= 11 is 0. The summed E-state index contributed by atoms with van der Waals surface area (Å²) in [5, 5.41) is 10.4. The second-order valence-corrected chi connectivity index (χ2v) is 8.40. The average Bonchev–Trinajstić information content (AvgIpc) is 3.32. The van der Waals surface area contributed by atoms with Crippen molar-refractivity contribution in [1.82, 2.24) is 20.4 Å². The van der Waals surface area contributed by atoms with E-state index in [9.17, 15) is 14.4 Å². The molecule has 0 radical (unpaired) electrons. The van der Waals surface area contributed by atoms with Crippen molar-refractivity contribution in [3.05, 3.63) is 11.8 Å². The summed E-state index contributed by atoms with van der Waals surface area (Å²) in [5.41, 5.74) is 0. The van der Waals surface area contributed by atoms with Crippen LogP contribution in [0.3, 0.4) is 0 Å². The number of morpholine rings is 1. The molecule has 0 spiro atoms. The van der Waals surface area contributed by atoms with Crippen LogP contribution in [-0.4, -0.2) is 71.3 Å². The summed E-state index contributed by atoms with van der Waals surface area (Å²) in [7, 11) is 0. The Kier molecular flexibility index (Phi) is 9.01. The van der Waals surface area contributed by atoms with Crippen molar-refractivity contribution in [2.45, 2.75) is 77.4 Å². The van der Waals surface area contributed by atoms with Crippen molar-refractivity contribution in [3.8, 4) is 0 Å². The summed E-state index contributed by atoms with van der Waals surface area (Å²) in [6.07, 6.45) is 5.29. The van der Waals surface area contributed by atoms with Gasteiger partial charge in [-0.25, -0.2) is 4.79 Å². The van der Waals surface area contributed by atoms with Crippen molar-refractivity contribution in [2.24, 2.45) is 5.92 Å². The molecule has 1 aromatic rings. The largest absolute Gasteiger partial charge is 0.436 e. The van der Waals surface area contributed by atoms with Crippen molar-refractivity contribution in [2.75, 3.05) is 26.3 Å². The summed E-state index contributed by atoms with van der Waals surface area (Å²) in [6, 6.07) is -0.830. The second kappa shape index (κ2) is 11.9. The normalized spacial score (nSPS) is 19.2. The Morgan fingerprint density at radius 1 is 1.12 bits per heavy atom. The zero-order valence-corrected chi connectivity index (χ0v) is 19.0. The quantitative estimate of drug-likeness (QED) is 0.569. The first-order valence-electron chi connectivity index (χ1n) is 11.7.